The number of carboxylic acids is 1. The molecule has 2 N–H and O–H groups in total. The Morgan fingerprint density at radius 2 is 2.35 bits per heavy atom. The van der Waals surface area contributed by atoms with Gasteiger partial charge in [-0.3, -0.25) is 0 Å². The second-order valence-corrected chi connectivity index (χ2v) is 7.53. The number of nitrogens with zero attached hydrogens (tertiary/aromatic N) is 1. The van der Waals surface area contributed by atoms with Gasteiger partial charge in [0.15, 0.2) is 0 Å². The highest BCUT2D eigenvalue weighted by Crippen LogP contribution is 2.20. The second kappa shape index (κ2) is 6.21. The lowest BCUT2D eigenvalue weighted by Crippen LogP contribution is -2.30. The molecule has 1 fully saturated rings. The third kappa shape index (κ3) is 3.57. The fourth-order valence-electron chi connectivity index (χ4n) is 2.25. The Morgan fingerprint density at radius 1 is 1.60 bits per heavy atom. The molecule has 1 aliphatic rings. The maximum absolute atomic E-state index is 12.1. The van der Waals surface area contributed by atoms with Gasteiger partial charge in [0.2, 0.25) is 10.0 Å². The van der Waals surface area contributed by atoms with Crippen LogP contribution in [0, 0.1) is 5.92 Å². The molecule has 1 aromatic heterocycles. The summed E-state index contributed by atoms with van der Waals surface area (Å²) < 4.78 is 26.7. The number of carbonyl (C=O) groups is 1. The summed E-state index contributed by atoms with van der Waals surface area (Å²) in [4.78, 5) is 13.1. The van der Waals surface area contributed by atoms with Gasteiger partial charge < -0.3 is 10.0 Å². The summed E-state index contributed by atoms with van der Waals surface area (Å²) in [6.45, 7) is 5.38. The smallest absolute Gasteiger partial charge is 0.345 e. The van der Waals surface area contributed by atoms with Crippen LogP contribution in [0.4, 0.5) is 0 Å². The Hall–Kier alpha value is -0.960. The van der Waals surface area contributed by atoms with E-state index in [9.17, 15) is 13.2 Å². The molecule has 0 bridgehead atoms. The van der Waals surface area contributed by atoms with Crippen molar-refractivity contribution in [1.82, 2.24) is 9.62 Å². The molecular formula is C12H18N2O4S2. The molecule has 0 radical (unpaired) electrons. The number of aromatic carboxylic acids is 1. The Kier molecular flexibility index (Phi) is 4.79. The third-order valence-electron chi connectivity index (χ3n) is 3.48. The van der Waals surface area contributed by atoms with Crippen LogP contribution in [0.1, 0.15) is 23.0 Å². The molecule has 1 aromatic rings. The standard InChI is InChI=1S/C12H18N2O4S2/c1-2-14-4-3-9(7-14)6-13-20(17,18)10-5-11(12(15)16)19-8-10/h5,8-9,13H,2-4,6-7H2,1H3,(H,15,16). The van der Waals surface area contributed by atoms with Crippen LogP contribution >= 0.6 is 11.3 Å². The van der Waals surface area contributed by atoms with Crippen LogP contribution in [0.25, 0.3) is 0 Å². The normalized spacial score (nSPS) is 20.4. The van der Waals surface area contributed by atoms with E-state index >= 15 is 0 Å². The van der Waals surface area contributed by atoms with Crippen LogP contribution in [0.3, 0.4) is 0 Å². The number of likely N-dealkylation sites (tertiary alicyclic amines) is 1. The van der Waals surface area contributed by atoms with Gasteiger partial charge >= 0.3 is 5.97 Å². The van der Waals surface area contributed by atoms with E-state index < -0.39 is 16.0 Å². The molecule has 2 rings (SSSR count). The van der Waals surface area contributed by atoms with Gasteiger partial charge in [-0.1, -0.05) is 6.92 Å². The molecule has 6 nitrogen and oxygen atoms in total. The zero-order valence-electron chi connectivity index (χ0n) is 11.2. The number of nitrogens with one attached hydrogen (secondary N) is 1. The van der Waals surface area contributed by atoms with Gasteiger partial charge in [0.1, 0.15) is 4.88 Å². The monoisotopic (exact) mass is 318 g/mol. The average Bonchev–Trinajstić information content (AvgIpc) is 3.05. The van der Waals surface area contributed by atoms with Gasteiger partial charge in [0.05, 0.1) is 4.90 Å². The van der Waals surface area contributed by atoms with E-state index in [0.29, 0.717) is 12.5 Å². The maximum Gasteiger partial charge on any atom is 0.345 e. The number of hydrogen-bond donors (Lipinski definition) is 2. The molecule has 20 heavy (non-hydrogen) atoms. The van der Waals surface area contributed by atoms with Crippen LogP contribution in [-0.2, 0) is 10.0 Å². The van der Waals surface area contributed by atoms with Gasteiger partial charge in [-0.05, 0) is 31.5 Å². The van der Waals surface area contributed by atoms with Crippen molar-refractivity contribution in [3.8, 4) is 0 Å². The van der Waals surface area contributed by atoms with Crippen molar-refractivity contribution in [3.63, 3.8) is 0 Å². The number of rotatable bonds is 6. The van der Waals surface area contributed by atoms with Crippen LogP contribution in [0.5, 0.6) is 0 Å². The van der Waals surface area contributed by atoms with Crippen molar-refractivity contribution in [2.75, 3.05) is 26.2 Å². The highest BCUT2D eigenvalue weighted by atomic mass is 32.2. The first kappa shape index (κ1) is 15.4. The molecule has 1 atom stereocenters. The first-order valence-corrected chi connectivity index (χ1v) is 8.82. The molecule has 8 heteroatoms. The Labute approximate surface area is 122 Å². The van der Waals surface area contributed by atoms with E-state index in [1.165, 1.54) is 11.4 Å². The molecular weight excluding hydrogens is 300 g/mol. The maximum atomic E-state index is 12.1. The van der Waals surface area contributed by atoms with Crippen molar-refractivity contribution in [2.24, 2.45) is 5.92 Å². The van der Waals surface area contributed by atoms with Crippen molar-refractivity contribution < 1.29 is 18.3 Å². The third-order valence-corrected chi connectivity index (χ3v) is 5.95. The van der Waals surface area contributed by atoms with Gasteiger partial charge in [0, 0.05) is 18.5 Å². The minimum atomic E-state index is -3.61. The first-order valence-electron chi connectivity index (χ1n) is 6.46. The molecule has 0 amide bonds. The molecule has 0 saturated carbocycles. The van der Waals surface area contributed by atoms with Gasteiger partial charge in [-0.2, -0.15) is 0 Å². The summed E-state index contributed by atoms with van der Waals surface area (Å²) in [5.41, 5.74) is 0. The van der Waals surface area contributed by atoms with E-state index in [0.717, 1.165) is 37.4 Å². The number of sulfonamides is 1. The number of carboxylic acid groups (broad SMARTS) is 1. The predicted octanol–water partition coefficient (Wildman–Crippen LogP) is 1.07. The predicted molar refractivity (Wildman–Crippen MR) is 76.7 cm³/mol. The summed E-state index contributed by atoms with van der Waals surface area (Å²) in [5.74, 6) is -0.784. The average molecular weight is 318 g/mol. The fraction of sp³-hybridized carbons (Fsp3) is 0.583. The largest absolute Gasteiger partial charge is 0.477 e. The van der Waals surface area contributed by atoms with E-state index in [1.54, 1.807) is 0 Å². The fourth-order valence-corrected chi connectivity index (χ4v) is 4.48. The van der Waals surface area contributed by atoms with Gasteiger partial charge in [-0.25, -0.2) is 17.9 Å². The van der Waals surface area contributed by atoms with E-state index in [2.05, 4.69) is 16.5 Å². The zero-order chi connectivity index (χ0) is 14.8. The summed E-state index contributed by atoms with van der Waals surface area (Å²) >= 11 is 0.920. The molecule has 1 unspecified atom stereocenters. The Balaban J connectivity index is 1.95. The molecule has 0 aliphatic carbocycles. The molecule has 0 aromatic carbocycles. The lowest BCUT2D eigenvalue weighted by Gasteiger charge is -2.13. The molecule has 1 aliphatic heterocycles. The van der Waals surface area contributed by atoms with Crippen molar-refractivity contribution in [3.05, 3.63) is 16.3 Å². The topological polar surface area (TPSA) is 86.7 Å². The van der Waals surface area contributed by atoms with Gasteiger partial charge in [-0.15, -0.1) is 11.3 Å². The summed E-state index contributed by atoms with van der Waals surface area (Å²) in [6.07, 6.45) is 0.986. The molecule has 1 saturated heterocycles. The lowest BCUT2D eigenvalue weighted by atomic mass is 10.1. The lowest BCUT2D eigenvalue weighted by molar-refractivity contribution is 0.0702. The van der Waals surface area contributed by atoms with Crippen LogP contribution in [-0.4, -0.2) is 50.6 Å². The van der Waals surface area contributed by atoms with Crippen LogP contribution < -0.4 is 4.72 Å². The summed E-state index contributed by atoms with van der Waals surface area (Å²) in [7, 11) is -3.61. The minimum Gasteiger partial charge on any atom is -0.477 e. The number of thiophene rings is 1. The van der Waals surface area contributed by atoms with E-state index in [4.69, 9.17) is 5.11 Å². The SMILES string of the molecule is CCN1CCC(CNS(=O)(=O)c2csc(C(=O)O)c2)C1. The van der Waals surface area contributed by atoms with Crippen molar-refractivity contribution >= 4 is 27.3 Å². The molecule has 112 valence electrons. The summed E-state index contributed by atoms with van der Waals surface area (Å²) in [5, 5.41) is 10.2. The highest BCUT2D eigenvalue weighted by Gasteiger charge is 2.24. The molecule has 0 spiro atoms. The van der Waals surface area contributed by atoms with Gasteiger partial charge in [0.25, 0.3) is 0 Å². The number of hydrogen-bond acceptors (Lipinski definition) is 5. The minimum absolute atomic E-state index is 0.0309. The van der Waals surface area contributed by atoms with E-state index in [-0.39, 0.29) is 9.77 Å². The van der Waals surface area contributed by atoms with Crippen molar-refractivity contribution in [2.45, 2.75) is 18.2 Å². The summed E-state index contributed by atoms with van der Waals surface area (Å²) in [6, 6.07) is 1.20. The quantitative estimate of drug-likeness (QED) is 0.819. The van der Waals surface area contributed by atoms with Crippen molar-refractivity contribution in [1.29, 1.82) is 0 Å². The second-order valence-electron chi connectivity index (χ2n) is 4.85. The Morgan fingerprint density at radius 3 is 2.90 bits per heavy atom. The van der Waals surface area contributed by atoms with Crippen LogP contribution in [0.15, 0.2) is 16.3 Å². The molecule has 2 heterocycles. The van der Waals surface area contributed by atoms with Crippen LogP contribution in [0.2, 0.25) is 0 Å². The van der Waals surface area contributed by atoms with E-state index in [1.807, 2.05) is 0 Å². The first-order chi connectivity index (χ1) is 9.42. The zero-order valence-corrected chi connectivity index (χ0v) is 12.8. The Bertz CT molecular complexity index is 582. The highest BCUT2D eigenvalue weighted by molar-refractivity contribution is 7.89.